The highest BCUT2D eigenvalue weighted by atomic mass is 16.7. The molecule has 6 N–H and O–H groups in total. The molecular formula is C18H38N2O9+2. The average Bonchev–Trinajstić information content (AvgIpc) is 2.57. The van der Waals surface area contributed by atoms with E-state index in [0.717, 1.165) is 0 Å². The van der Waals surface area contributed by atoms with Crippen LogP contribution in [0.15, 0.2) is 0 Å². The third-order valence-electron chi connectivity index (χ3n) is 5.77. The first-order chi connectivity index (χ1) is 13.2. The molecule has 2 fully saturated rings. The molecule has 0 unspecified atom stereocenters. The van der Waals surface area contributed by atoms with Gasteiger partial charge in [0.15, 0.2) is 12.1 Å². The van der Waals surface area contributed by atoms with E-state index in [1.165, 1.54) is 0 Å². The lowest BCUT2D eigenvalue weighted by atomic mass is 9.93. The van der Waals surface area contributed by atoms with Gasteiger partial charge in [0, 0.05) is 0 Å². The molecule has 0 aromatic heterocycles. The monoisotopic (exact) mass is 426 g/mol. The van der Waals surface area contributed by atoms with Gasteiger partial charge in [-0.25, -0.2) is 0 Å². The Morgan fingerprint density at radius 1 is 0.690 bits per heavy atom. The molecule has 2 rings (SSSR count). The quantitative estimate of drug-likeness (QED) is 0.234. The van der Waals surface area contributed by atoms with Crippen LogP contribution < -0.4 is 0 Å². The highest BCUT2D eigenvalue weighted by molar-refractivity contribution is 4.94. The third-order valence-corrected chi connectivity index (χ3v) is 5.77. The van der Waals surface area contributed by atoms with E-state index in [2.05, 4.69) is 0 Å². The molecule has 0 spiro atoms. The van der Waals surface area contributed by atoms with Crippen molar-refractivity contribution in [3.05, 3.63) is 0 Å². The maximum absolute atomic E-state index is 11.0. The van der Waals surface area contributed by atoms with Crippen LogP contribution in [0.5, 0.6) is 0 Å². The van der Waals surface area contributed by atoms with Crippen molar-refractivity contribution >= 4 is 0 Å². The lowest BCUT2D eigenvalue weighted by Gasteiger charge is -2.51. The van der Waals surface area contributed by atoms with Crippen LogP contribution in [0.1, 0.15) is 0 Å². The summed E-state index contributed by atoms with van der Waals surface area (Å²) in [5, 5.41) is 61.5. The third kappa shape index (κ3) is 5.08. The number of rotatable bonds is 6. The van der Waals surface area contributed by atoms with Gasteiger partial charge >= 0.3 is 0 Å². The molecule has 0 saturated carbocycles. The van der Waals surface area contributed by atoms with Crippen molar-refractivity contribution in [2.75, 3.05) is 55.5 Å². The minimum absolute atomic E-state index is 0.163. The maximum Gasteiger partial charge on any atom is 0.214 e. The molecule has 172 valence electrons. The van der Waals surface area contributed by atoms with E-state index < -0.39 is 74.5 Å². The summed E-state index contributed by atoms with van der Waals surface area (Å²) in [6.45, 7) is -1.05. The van der Waals surface area contributed by atoms with E-state index in [0.29, 0.717) is 0 Å². The van der Waals surface area contributed by atoms with E-state index in [1.807, 2.05) is 0 Å². The highest BCUT2D eigenvalue weighted by Gasteiger charge is 2.56. The van der Waals surface area contributed by atoms with Gasteiger partial charge in [-0.15, -0.1) is 0 Å². The molecule has 0 bridgehead atoms. The molecule has 11 heteroatoms. The second kappa shape index (κ2) is 8.97. The standard InChI is InChI=1S/C18H38N2O9/c1-19(2,3)11-15(25)16(10(8-22)27-17(11)26)29-18-12(20(4,5)6)14(24)13(23)9(7-21)28-18/h9-18,21-26H,7-8H2,1-6H3/q+2/t9-,10-,11-,12-,13-,14-,15-,16-,17-,18+/m1/s1. The molecule has 2 aliphatic heterocycles. The number of aliphatic hydroxyl groups excluding tert-OH is 6. The molecule has 29 heavy (non-hydrogen) atoms. The number of hydrogen-bond acceptors (Lipinski definition) is 9. The Kier molecular flexibility index (Phi) is 7.68. The molecule has 11 nitrogen and oxygen atoms in total. The minimum atomic E-state index is -1.32. The second-order valence-electron chi connectivity index (χ2n) is 9.76. The van der Waals surface area contributed by atoms with Crippen LogP contribution in [0.3, 0.4) is 0 Å². The highest BCUT2D eigenvalue weighted by Crippen LogP contribution is 2.33. The lowest BCUT2D eigenvalue weighted by Crippen LogP contribution is -2.72. The molecule has 2 aliphatic rings. The van der Waals surface area contributed by atoms with Crippen molar-refractivity contribution in [2.24, 2.45) is 0 Å². The van der Waals surface area contributed by atoms with Gasteiger partial charge in [0.1, 0.15) is 36.6 Å². The number of likely N-dealkylation sites (N-methyl/N-ethyl adjacent to an activating group) is 2. The normalized spacial score (nSPS) is 44.7. The molecule has 0 aromatic carbocycles. The second-order valence-corrected chi connectivity index (χ2v) is 9.76. The SMILES string of the molecule is C[N+](C)(C)[C@@H]1[C@@H](O)[C@H](O[C@@H]2O[C@H](CO)[C@@H](O)[C@H](O)[C@H]2[N+](C)(C)C)[C@@H](CO)O[C@H]1O. The predicted molar refractivity (Wildman–Crippen MR) is 100 cm³/mol. The molecule has 0 amide bonds. The number of ether oxygens (including phenoxy) is 3. The Morgan fingerprint density at radius 3 is 1.66 bits per heavy atom. The Balaban J connectivity index is 2.35. The fourth-order valence-corrected chi connectivity index (χ4v) is 4.23. The summed E-state index contributed by atoms with van der Waals surface area (Å²) in [5.74, 6) is 0. The fourth-order valence-electron chi connectivity index (χ4n) is 4.23. The number of quaternary nitrogens is 2. The Morgan fingerprint density at radius 2 is 1.21 bits per heavy atom. The Hall–Kier alpha value is -0.440. The molecular weight excluding hydrogens is 388 g/mol. The van der Waals surface area contributed by atoms with Crippen molar-refractivity contribution in [3.8, 4) is 0 Å². The topological polar surface area (TPSA) is 149 Å². The van der Waals surface area contributed by atoms with Gasteiger partial charge < -0.3 is 53.8 Å². The van der Waals surface area contributed by atoms with Gasteiger partial charge in [-0.2, -0.15) is 0 Å². The number of nitrogens with zero attached hydrogens (tertiary/aromatic N) is 2. The zero-order chi connectivity index (χ0) is 22.3. The summed E-state index contributed by atoms with van der Waals surface area (Å²) < 4.78 is 17.6. The largest absolute Gasteiger partial charge is 0.394 e. The lowest BCUT2D eigenvalue weighted by molar-refractivity contribution is -0.913. The van der Waals surface area contributed by atoms with E-state index in [-0.39, 0.29) is 8.97 Å². The van der Waals surface area contributed by atoms with Crippen LogP contribution >= 0.6 is 0 Å². The van der Waals surface area contributed by atoms with Crippen LogP contribution in [-0.2, 0) is 14.2 Å². The predicted octanol–water partition coefficient (Wildman–Crippen LogP) is -3.97. The molecule has 0 aromatic rings. The first-order valence-corrected chi connectivity index (χ1v) is 9.76. The smallest absolute Gasteiger partial charge is 0.214 e. The minimum Gasteiger partial charge on any atom is -0.394 e. The maximum atomic E-state index is 11.0. The summed E-state index contributed by atoms with van der Waals surface area (Å²) in [7, 11) is 10.7. The van der Waals surface area contributed by atoms with E-state index in [9.17, 15) is 30.6 Å². The summed E-state index contributed by atoms with van der Waals surface area (Å²) in [6, 6.07) is -1.52. The zero-order valence-corrected chi connectivity index (χ0v) is 18.0. The summed E-state index contributed by atoms with van der Waals surface area (Å²) in [5.41, 5.74) is 0. The molecule has 2 saturated heterocycles. The first kappa shape index (κ1) is 24.8. The van der Waals surface area contributed by atoms with Crippen LogP contribution in [0.25, 0.3) is 0 Å². The summed E-state index contributed by atoms with van der Waals surface area (Å²) in [6.07, 6.45) is -9.42. The molecule has 0 aliphatic carbocycles. The summed E-state index contributed by atoms with van der Waals surface area (Å²) >= 11 is 0. The van der Waals surface area contributed by atoms with Crippen molar-refractivity contribution in [3.63, 3.8) is 0 Å². The van der Waals surface area contributed by atoms with Gasteiger partial charge in [0.05, 0.1) is 55.5 Å². The molecule has 10 atom stereocenters. The van der Waals surface area contributed by atoms with Crippen molar-refractivity contribution in [1.29, 1.82) is 0 Å². The van der Waals surface area contributed by atoms with Crippen LogP contribution in [-0.4, -0.2) is 156 Å². The van der Waals surface area contributed by atoms with Crippen LogP contribution in [0.2, 0.25) is 0 Å². The Labute approximate surface area is 171 Å². The molecule has 0 radical (unpaired) electrons. The van der Waals surface area contributed by atoms with E-state index in [1.54, 1.807) is 42.3 Å². The Bertz CT molecular complexity index is 538. The fraction of sp³-hybridized carbons (Fsp3) is 1.00. The van der Waals surface area contributed by atoms with Gasteiger partial charge in [-0.05, 0) is 0 Å². The van der Waals surface area contributed by atoms with Gasteiger partial charge in [-0.1, -0.05) is 0 Å². The number of aliphatic hydroxyl groups is 6. The average molecular weight is 427 g/mol. The van der Waals surface area contributed by atoms with E-state index in [4.69, 9.17) is 14.2 Å². The zero-order valence-electron chi connectivity index (χ0n) is 18.0. The van der Waals surface area contributed by atoms with Gasteiger partial charge in [-0.3, -0.25) is 0 Å². The first-order valence-electron chi connectivity index (χ1n) is 9.76. The van der Waals surface area contributed by atoms with Gasteiger partial charge in [0.2, 0.25) is 12.6 Å². The van der Waals surface area contributed by atoms with E-state index >= 15 is 0 Å². The van der Waals surface area contributed by atoms with Gasteiger partial charge in [0.25, 0.3) is 0 Å². The number of hydrogen-bond donors (Lipinski definition) is 6. The van der Waals surface area contributed by atoms with Crippen LogP contribution in [0.4, 0.5) is 0 Å². The van der Waals surface area contributed by atoms with Crippen molar-refractivity contribution in [2.45, 2.75) is 61.3 Å². The van der Waals surface area contributed by atoms with Crippen LogP contribution in [0, 0.1) is 0 Å². The molecule has 2 heterocycles. The summed E-state index contributed by atoms with van der Waals surface area (Å²) in [4.78, 5) is 0. The van der Waals surface area contributed by atoms with Crippen molar-refractivity contribution in [1.82, 2.24) is 0 Å². The van der Waals surface area contributed by atoms with Crippen molar-refractivity contribution < 1.29 is 53.8 Å².